The number of halogens is 2. The van der Waals surface area contributed by atoms with Crippen LogP contribution in [0.1, 0.15) is 37.2 Å². The molecule has 1 aromatic heterocycles. The molecule has 0 aliphatic carbocycles. The zero-order valence-electron chi connectivity index (χ0n) is 16.1. The van der Waals surface area contributed by atoms with E-state index in [1.54, 1.807) is 48.5 Å². The lowest BCUT2D eigenvalue weighted by Crippen LogP contribution is -2.14. The summed E-state index contributed by atoms with van der Waals surface area (Å²) in [6.45, 7) is 1.18. The Morgan fingerprint density at radius 3 is 2.45 bits per heavy atom. The van der Waals surface area contributed by atoms with Crippen LogP contribution >= 0.6 is 11.8 Å². The lowest BCUT2D eigenvalue weighted by Gasteiger charge is -2.08. The number of hydrogen-bond acceptors (Lipinski definition) is 4. The maximum Gasteiger partial charge on any atom is 0.321 e. The molecule has 3 aromatic rings. The van der Waals surface area contributed by atoms with Crippen molar-refractivity contribution in [1.82, 2.24) is 9.55 Å². The van der Waals surface area contributed by atoms with Gasteiger partial charge < -0.3 is 5.32 Å². The number of carbonyl (C=O) groups is 2. The molecule has 29 heavy (non-hydrogen) atoms. The van der Waals surface area contributed by atoms with E-state index in [0.717, 1.165) is 16.3 Å². The topological polar surface area (TPSA) is 64.0 Å². The van der Waals surface area contributed by atoms with Crippen LogP contribution in [-0.4, -0.2) is 27.0 Å². The zero-order chi connectivity index (χ0) is 21.0. The SMILES string of the molecule is CC(C)CC(=O)Nc1ccc(C(=O)CSc2nc3ccccc3n2C(F)F)cc1. The number of aromatic nitrogens is 2. The molecule has 0 aliphatic rings. The quantitative estimate of drug-likeness (QED) is 0.394. The van der Waals surface area contributed by atoms with Crippen LogP contribution in [0.4, 0.5) is 14.5 Å². The van der Waals surface area contributed by atoms with Crippen molar-refractivity contribution >= 4 is 40.2 Å². The molecule has 152 valence electrons. The summed E-state index contributed by atoms with van der Waals surface area (Å²) in [6, 6.07) is 13.2. The minimum Gasteiger partial charge on any atom is -0.326 e. The highest BCUT2D eigenvalue weighted by atomic mass is 32.2. The number of alkyl halides is 2. The smallest absolute Gasteiger partial charge is 0.321 e. The maximum atomic E-state index is 13.5. The highest BCUT2D eigenvalue weighted by Crippen LogP contribution is 2.29. The van der Waals surface area contributed by atoms with Gasteiger partial charge in [0.25, 0.3) is 0 Å². The molecule has 0 saturated carbocycles. The summed E-state index contributed by atoms with van der Waals surface area (Å²) in [4.78, 5) is 28.5. The van der Waals surface area contributed by atoms with E-state index < -0.39 is 6.55 Å². The van der Waals surface area contributed by atoms with Crippen molar-refractivity contribution in [2.75, 3.05) is 11.1 Å². The number of nitrogens with zero attached hydrogens (tertiary/aromatic N) is 2. The minimum absolute atomic E-state index is 0.0188. The van der Waals surface area contributed by atoms with E-state index in [1.165, 1.54) is 0 Å². The molecule has 0 aliphatic heterocycles. The summed E-state index contributed by atoms with van der Waals surface area (Å²) < 4.78 is 27.7. The summed E-state index contributed by atoms with van der Waals surface area (Å²) in [5.41, 5.74) is 1.85. The van der Waals surface area contributed by atoms with Gasteiger partial charge in [0.1, 0.15) is 0 Å². The fourth-order valence-electron chi connectivity index (χ4n) is 2.85. The summed E-state index contributed by atoms with van der Waals surface area (Å²) in [5.74, 6) is -0.0523. The molecule has 0 fully saturated rings. The van der Waals surface area contributed by atoms with Crippen molar-refractivity contribution in [2.24, 2.45) is 5.92 Å². The number of Topliss-reactive ketones (excluding diaryl/α,β-unsaturated/α-hetero) is 1. The molecule has 0 unspecified atom stereocenters. The number of amides is 1. The molecule has 0 radical (unpaired) electrons. The predicted molar refractivity (Wildman–Crippen MR) is 111 cm³/mol. The Hall–Kier alpha value is -2.74. The number of hydrogen-bond donors (Lipinski definition) is 1. The van der Waals surface area contributed by atoms with E-state index in [0.29, 0.717) is 28.7 Å². The van der Waals surface area contributed by atoms with Crippen molar-refractivity contribution in [1.29, 1.82) is 0 Å². The van der Waals surface area contributed by atoms with Gasteiger partial charge in [0.2, 0.25) is 5.91 Å². The van der Waals surface area contributed by atoms with Gasteiger partial charge in [0.15, 0.2) is 10.9 Å². The first-order chi connectivity index (χ1) is 13.8. The number of carbonyl (C=O) groups excluding carboxylic acids is 2. The second-order valence-electron chi connectivity index (χ2n) is 6.97. The molecule has 8 heteroatoms. The normalized spacial score (nSPS) is 11.4. The van der Waals surface area contributed by atoms with Gasteiger partial charge in [-0.05, 0) is 42.3 Å². The molecule has 0 bridgehead atoms. The molecule has 2 aromatic carbocycles. The summed E-state index contributed by atoms with van der Waals surface area (Å²) in [5, 5.41) is 2.88. The van der Waals surface area contributed by atoms with Gasteiger partial charge in [-0.2, -0.15) is 8.78 Å². The molecule has 0 atom stereocenters. The molecule has 3 rings (SSSR count). The average Bonchev–Trinajstić information content (AvgIpc) is 3.04. The Kier molecular flexibility index (Phi) is 6.64. The number of para-hydroxylation sites is 2. The fourth-order valence-corrected chi connectivity index (χ4v) is 3.76. The number of nitrogens with one attached hydrogen (secondary N) is 1. The second kappa shape index (κ2) is 9.17. The van der Waals surface area contributed by atoms with Crippen LogP contribution < -0.4 is 5.32 Å². The van der Waals surface area contributed by atoms with Crippen molar-refractivity contribution in [2.45, 2.75) is 32.0 Å². The molecular weight excluding hydrogens is 396 g/mol. The fraction of sp³-hybridized carbons (Fsp3) is 0.286. The number of benzene rings is 2. The van der Waals surface area contributed by atoms with Crippen LogP contribution in [0, 0.1) is 5.92 Å². The van der Waals surface area contributed by atoms with Gasteiger partial charge in [0, 0.05) is 17.7 Å². The van der Waals surface area contributed by atoms with Crippen LogP contribution in [0.25, 0.3) is 11.0 Å². The summed E-state index contributed by atoms with van der Waals surface area (Å²) >= 11 is 0.978. The van der Waals surface area contributed by atoms with E-state index in [-0.39, 0.29) is 28.5 Å². The van der Waals surface area contributed by atoms with Crippen LogP contribution in [0.15, 0.2) is 53.7 Å². The molecular formula is C21H21F2N3O2S. The van der Waals surface area contributed by atoms with Gasteiger partial charge >= 0.3 is 6.55 Å². The van der Waals surface area contributed by atoms with E-state index in [4.69, 9.17) is 0 Å². The monoisotopic (exact) mass is 417 g/mol. The van der Waals surface area contributed by atoms with E-state index >= 15 is 0 Å². The van der Waals surface area contributed by atoms with E-state index in [9.17, 15) is 18.4 Å². The van der Waals surface area contributed by atoms with Crippen LogP contribution in [0.5, 0.6) is 0 Å². The van der Waals surface area contributed by atoms with E-state index in [2.05, 4.69) is 10.3 Å². The molecule has 5 nitrogen and oxygen atoms in total. The Morgan fingerprint density at radius 2 is 1.79 bits per heavy atom. The Labute approximate surface area is 171 Å². The van der Waals surface area contributed by atoms with Gasteiger partial charge in [0.05, 0.1) is 16.8 Å². The first kappa shape index (κ1) is 21.0. The maximum absolute atomic E-state index is 13.5. The van der Waals surface area contributed by atoms with Crippen LogP contribution in [0.3, 0.4) is 0 Å². The number of imidazole rings is 1. The Morgan fingerprint density at radius 1 is 1.10 bits per heavy atom. The number of anilines is 1. The third kappa shape index (κ3) is 5.20. The largest absolute Gasteiger partial charge is 0.326 e. The third-order valence-corrected chi connectivity index (χ3v) is 5.13. The Bertz CT molecular complexity index is 1020. The Balaban J connectivity index is 1.66. The van der Waals surface area contributed by atoms with Gasteiger partial charge in [-0.15, -0.1) is 0 Å². The lowest BCUT2D eigenvalue weighted by atomic mass is 10.1. The highest BCUT2D eigenvalue weighted by Gasteiger charge is 2.19. The number of thioether (sulfide) groups is 1. The van der Waals surface area contributed by atoms with Crippen molar-refractivity contribution < 1.29 is 18.4 Å². The first-order valence-electron chi connectivity index (χ1n) is 9.16. The van der Waals surface area contributed by atoms with Gasteiger partial charge in [-0.1, -0.05) is 37.7 Å². The van der Waals surface area contributed by atoms with Crippen molar-refractivity contribution in [3.05, 3.63) is 54.1 Å². The molecule has 1 N–H and O–H groups in total. The van der Waals surface area contributed by atoms with E-state index in [1.807, 2.05) is 13.8 Å². The van der Waals surface area contributed by atoms with Gasteiger partial charge in [-0.3, -0.25) is 14.2 Å². The first-order valence-corrected chi connectivity index (χ1v) is 10.1. The number of rotatable bonds is 8. The molecule has 1 heterocycles. The van der Waals surface area contributed by atoms with Crippen LogP contribution in [-0.2, 0) is 4.79 Å². The summed E-state index contributed by atoms with van der Waals surface area (Å²) in [6.07, 6.45) is 0.419. The number of ketones is 1. The van der Waals surface area contributed by atoms with Crippen molar-refractivity contribution in [3.63, 3.8) is 0 Å². The minimum atomic E-state index is -2.74. The van der Waals surface area contributed by atoms with Gasteiger partial charge in [-0.25, -0.2) is 4.98 Å². The number of fused-ring (bicyclic) bond motifs is 1. The average molecular weight is 417 g/mol. The third-order valence-electron chi connectivity index (χ3n) is 4.18. The van der Waals surface area contributed by atoms with Crippen molar-refractivity contribution in [3.8, 4) is 0 Å². The molecule has 0 spiro atoms. The standard InChI is InChI=1S/C21H21F2N3O2S/c1-13(2)11-19(28)24-15-9-7-14(8-10-15)18(27)12-29-21-25-16-5-3-4-6-17(16)26(21)20(22)23/h3-10,13,20H,11-12H2,1-2H3,(H,24,28). The summed E-state index contributed by atoms with van der Waals surface area (Å²) in [7, 11) is 0. The van der Waals surface area contributed by atoms with Crippen LogP contribution in [0.2, 0.25) is 0 Å². The molecule has 0 saturated heterocycles. The highest BCUT2D eigenvalue weighted by molar-refractivity contribution is 7.99. The molecule has 1 amide bonds. The lowest BCUT2D eigenvalue weighted by molar-refractivity contribution is -0.116. The predicted octanol–water partition coefficient (Wildman–Crippen LogP) is 5.39. The zero-order valence-corrected chi connectivity index (χ0v) is 16.9. The second-order valence-corrected chi connectivity index (χ2v) is 7.91.